The van der Waals surface area contributed by atoms with Crippen molar-refractivity contribution in [1.29, 1.82) is 0 Å². The van der Waals surface area contributed by atoms with Gasteiger partial charge >= 0.3 is 0 Å². The molecule has 0 bridgehead atoms. The lowest BCUT2D eigenvalue weighted by Crippen LogP contribution is -2.42. The first kappa shape index (κ1) is 22.9. The van der Waals surface area contributed by atoms with Crippen molar-refractivity contribution in [3.8, 4) is 0 Å². The van der Waals surface area contributed by atoms with Crippen molar-refractivity contribution in [3.63, 3.8) is 0 Å². The van der Waals surface area contributed by atoms with Gasteiger partial charge in [-0.25, -0.2) is 5.01 Å². The van der Waals surface area contributed by atoms with E-state index in [-0.39, 0.29) is 30.9 Å². The van der Waals surface area contributed by atoms with Crippen LogP contribution in [0.15, 0.2) is 69.7 Å². The minimum atomic E-state index is -0.283. The Morgan fingerprint density at radius 2 is 2.03 bits per heavy atom. The molecule has 1 aromatic carbocycles. The van der Waals surface area contributed by atoms with Crippen LogP contribution in [0.3, 0.4) is 0 Å². The van der Waals surface area contributed by atoms with E-state index in [0.717, 1.165) is 28.3 Å². The summed E-state index contributed by atoms with van der Waals surface area (Å²) in [6.07, 6.45) is 3.04. The number of hydrazone groups is 1. The third-order valence-electron chi connectivity index (χ3n) is 5.53. The minimum absolute atomic E-state index is 0.105. The van der Waals surface area contributed by atoms with Crippen LogP contribution in [-0.4, -0.2) is 47.1 Å². The van der Waals surface area contributed by atoms with Crippen LogP contribution in [0.5, 0.6) is 0 Å². The molecule has 33 heavy (non-hydrogen) atoms. The van der Waals surface area contributed by atoms with Crippen LogP contribution in [0.1, 0.15) is 42.0 Å². The fourth-order valence-electron chi connectivity index (χ4n) is 3.93. The highest BCUT2D eigenvalue weighted by Crippen LogP contribution is 2.34. The molecule has 1 aliphatic rings. The van der Waals surface area contributed by atoms with Gasteiger partial charge in [0.05, 0.1) is 29.9 Å². The topological polar surface area (TPSA) is 78.2 Å². The molecule has 1 N–H and O–H groups in total. The van der Waals surface area contributed by atoms with E-state index >= 15 is 0 Å². The number of furan rings is 1. The van der Waals surface area contributed by atoms with Gasteiger partial charge in [0.15, 0.2) is 0 Å². The minimum Gasteiger partial charge on any atom is -0.467 e. The Morgan fingerprint density at radius 3 is 2.73 bits per heavy atom. The van der Waals surface area contributed by atoms with Crippen molar-refractivity contribution in [3.05, 3.63) is 76.4 Å². The number of carbonyl (C=O) groups is 2. The van der Waals surface area contributed by atoms with Gasteiger partial charge in [-0.05, 0) is 55.1 Å². The summed E-state index contributed by atoms with van der Waals surface area (Å²) in [5, 5.41) is 11.1. The predicted octanol–water partition coefficient (Wildman–Crippen LogP) is 4.68. The summed E-state index contributed by atoms with van der Waals surface area (Å²) in [5.74, 6) is 0.412. The number of thiophene rings is 1. The van der Waals surface area contributed by atoms with Gasteiger partial charge in [-0.1, -0.05) is 31.2 Å². The first-order valence-corrected chi connectivity index (χ1v) is 12.0. The molecule has 3 aromatic rings. The van der Waals surface area contributed by atoms with Crippen LogP contribution in [0, 0.1) is 6.92 Å². The number of hydrogen-bond acceptors (Lipinski definition) is 6. The smallest absolute Gasteiger partial charge is 0.257 e. The molecule has 0 radical (unpaired) electrons. The predicted molar refractivity (Wildman–Crippen MR) is 130 cm³/mol. The summed E-state index contributed by atoms with van der Waals surface area (Å²) in [6.45, 7) is 4.86. The molecule has 8 heteroatoms. The molecule has 3 heterocycles. The second-order valence-electron chi connectivity index (χ2n) is 8.07. The van der Waals surface area contributed by atoms with Crippen molar-refractivity contribution in [2.24, 2.45) is 5.10 Å². The van der Waals surface area contributed by atoms with Gasteiger partial charge in [-0.15, -0.1) is 11.3 Å². The van der Waals surface area contributed by atoms with E-state index in [0.29, 0.717) is 18.7 Å². The Morgan fingerprint density at radius 1 is 1.18 bits per heavy atom. The first-order valence-electron chi connectivity index (χ1n) is 11.1. The summed E-state index contributed by atoms with van der Waals surface area (Å²) in [4.78, 5) is 29.0. The third-order valence-corrected chi connectivity index (χ3v) is 6.45. The van der Waals surface area contributed by atoms with Gasteiger partial charge in [0.25, 0.3) is 5.91 Å². The van der Waals surface area contributed by atoms with E-state index in [1.165, 1.54) is 5.01 Å². The monoisotopic (exact) mass is 464 g/mol. The number of anilines is 1. The second-order valence-corrected chi connectivity index (χ2v) is 9.02. The number of carbonyl (C=O) groups excluding carboxylic acids is 2. The Labute approximate surface area is 197 Å². The zero-order chi connectivity index (χ0) is 23.2. The van der Waals surface area contributed by atoms with Crippen molar-refractivity contribution in [2.45, 2.75) is 32.7 Å². The molecular formula is C25H28N4O3S. The maximum atomic E-state index is 13.4. The quantitative estimate of drug-likeness (QED) is 0.499. The lowest BCUT2D eigenvalue weighted by Gasteiger charge is -2.25. The van der Waals surface area contributed by atoms with Crippen molar-refractivity contribution in [1.82, 2.24) is 9.91 Å². The molecule has 0 aliphatic carbocycles. The maximum Gasteiger partial charge on any atom is 0.257 e. The second kappa shape index (κ2) is 10.6. The van der Waals surface area contributed by atoms with Gasteiger partial charge in [0.2, 0.25) is 5.91 Å². The van der Waals surface area contributed by atoms with E-state index in [1.807, 2.05) is 72.7 Å². The Kier molecular flexibility index (Phi) is 7.36. The molecule has 1 atom stereocenters. The van der Waals surface area contributed by atoms with E-state index < -0.39 is 0 Å². The zero-order valence-electron chi connectivity index (χ0n) is 18.9. The van der Waals surface area contributed by atoms with Crippen LogP contribution >= 0.6 is 11.3 Å². The number of amides is 2. The van der Waals surface area contributed by atoms with Gasteiger partial charge in [-0.2, -0.15) is 5.10 Å². The standard InChI is InChI=1S/C25H28N4O3S/c1-3-12-28(16-24(30)26-19-9-5-4-8-18(19)2)17-25(31)29-21(22-10-6-13-32-22)15-20(27-29)23-11-7-14-33-23/h4-11,13-14,21H,3,12,15-17H2,1-2H3,(H,26,30). The van der Waals surface area contributed by atoms with E-state index in [9.17, 15) is 9.59 Å². The molecule has 1 aliphatic heterocycles. The number of nitrogens with one attached hydrogen (secondary N) is 1. The lowest BCUT2D eigenvalue weighted by atomic mass is 10.1. The van der Waals surface area contributed by atoms with Gasteiger partial charge in [0.1, 0.15) is 11.8 Å². The van der Waals surface area contributed by atoms with E-state index in [4.69, 9.17) is 4.42 Å². The number of benzene rings is 1. The fraction of sp³-hybridized carbons (Fsp3) is 0.320. The van der Waals surface area contributed by atoms with Crippen molar-refractivity contribution < 1.29 is 14.0 Å². The molecule has 2 amide bonds. The highest BCUT2D eigenvalue weighted by atomic mass is 32.1. The van der Waals surface area contributed by atoms with Gasteiger partial charge < -0.3 is 9.73 Å². The molecule has 0 saturated carbocycles. The number of hydrogen-bond donors (Lipinski definition) is 1. The lowest BCUT2D eigenvalue weighted by molar-refractivity contribution is -0.135. The molecular weight excluding hydrogens is 436 g/mol. The molecule has 4 rings (SSSR count). The summed E-state index contributed by atoms with van der Waals surface area (Å²) < 4.78 is 5.62. The van der Waals surface area contributed by atoms with Crippen LogP contribution in [-0.2, 0) is 9.59 Å². The van der Waals surface area contributed by atoms with Gasteiger partial charge in [0, 0.05) is 12.1 Å². The van der Waals surface area contributed by atoms with E-state index in [1.54, 1.807) is 17.6 Å². The number of para-hydroxylation sites is 1. The summed E-state index contributed by atoms with van der Waals surface area (Å²) >= 11 is 1.60. The molecule has 2 aromatic heterocycles. The Bertz CT molecular complexity index is 1110. The van der Waals surface area contributed by atoms with Crippen LogP contribution < -0.4 is 5.32 Å². The van der Waals surface area contributed by atoms with Crippen LogP contribution in [0.4, 0.5) is 5.69 Å². The van der Waals surface area contributed by atoms with E-state index in [2.05, 4.69) is 10.4 Å². The Hall–Kier alpha value is -3.23. The number of aryl methyl sites for hydroxylation is 1. The largest absolute Gasteiger partial charge is 0.467 e. The van der Waals surface area contributed by atoms with Crippen LogP contribution in [0.25, 0.3) is 0 Å². The zero-order valence-corrected chi connectivity index (χ0v) is 19.7. The molecule has 1 unspecified atom stereocenters. The average Bonchev–Trinajstić information content (AvgIpc) is 3.55. The first-order chi connectivity index (χ1) is 16.0. The highest BCUT2D eigenvalue weighted by molar-refractivity contribution is 7.12. The van der Waals surface area contributed by atoms with Crippen molar-refractivity contribution >= 4 is 34.6 Å². The normalized spacial score (nSPS) is 15.7. The van der Waals surface area contributed by atoms with Crippen LogP contribution in [0.2, 0.25) is 0 Å². The Balaban J connectivity index is 1.46. The number of rotatable bonds is 9. The molecule has 0 saturated heterocycles. The third kappa shape index (κ3) is 5.58. The molecule has 0 fully saturated rings. The maximum absolute atomic E-state index is 13.4. The summed E-state index contributed by atoms with van der Waals surface area (Å²) in [7, 11) is 0. The summed E-state index contributed by atoms with van der Waals surface area (Å²) in [6, 6.07) is 15.0. The van der Waals surface area contributed by atoms with Gasteiger partial charge in [-0.3, -0.25) is 14.5 Å². The molecule has 172 valence electrons. The molecule has 0 spiro atoms. The molecule has 7 nitrogen and oxygen atoms in total. The fourth-order valence-corrected chi connectivity index (χ4v) is 4.66. The summed E-state index contributed by atoms with van der Waals surface area (Å²) in [5.41, 5.74) is 2.66. The number of nitrogens with zero attached hydrogens (tertiary/aromatic N) is 3. The average molecular weight is 465 g/mol. The highest BCUT2D eigenvalue weighted by Gasteiger charge is 2.35. The SMILES string of the molecule is CCCN(CC(=O)Nc1ccccc1C)CC(=O)N1N=C(c2cccs2)CC1c1ccco1. The van der Waals surface area contributed by atoms with Crippen molar-refractivity contribution in [2.75, 3.05) is 25.0 Å².